The van der Waals surface area contributed by atoms with Crippen LogP contribution < -0.4 is 4.74 Å². The van der Waals surface area contributed by atoms with Crippen molar-refractivity contribution in [3.05, 3.63) is 59.9 Å². The minimum Gasteiger partial charge on any atom is -0.497 e. The summed E-state index contributed by atoms with van der Waals surface area (Å²) in [6.07, 6.45) is 3.35. The number of hydrogen-bond acceptors (Lipinski definition) is 3. The molecule has 1 heterocycles. The van der Waals surface area contributed by atoms with E-state index in [9.17, 15) is 5.11 Å². The Kier molecular flexibility index (Phi) is 3.11. The molecule has 1 aromatic carbocycles. The zero-order valence-corrected chi connectivity index (χ0v) is 9.92. The van der Waals surface area contributed by atoms with E-state index in [1.165, 1.54) is 0 Å². The second-order valence-corrected chi connectivity index (χ2v) is 4.04. The van der Waals surface area contributed by atoms with E-state index in [4.69, 9.17) is 4.74 Å². The van der Waals surface area contributed by atoms with E-state index < -0.39 is 5.60 Å². The number of aromatic nitrogens is 1. The Labute approximate surface area is 101 Å². The van der Waals surface area contributed by atoms with E-state index in [0.29, 0.717) is 0 Å². The van der Waals surface area contributed by atoms with Crippen LogP contribution in [-0.2, 0) is 5.60 Å². The van der Waals surface area contributed by atoms with Crippen molar-refractivity contribution >= 4 is 0 Å². The van der Waals surface area contributed by atoms with Gasteiger partial charge in [-0.2, -0.15) is 0 Å². The van der Waals surface area contributed by atoms with Crippen molar-refractivity contribution in [1.29, 1.82) is 0 Å². The normalized spacial score (nSPS) is 14.1. The lowest BCUT2D eigenvalue weighted by atomic mass is 9.89. The van der Waals surface area contributed by atoms with Crippen molar-refractivity contribution in [1.82, 2.24) is 4.98 Å². The smallest absolute Gasteiger partial charge is 0.118 e. The average Bonchev–Trinajstić information content (AvgIpc) is 2.40. The summed E-state index contributed by atoms with van der Waals surface area (Å²) in [5.41, 5.74) is 0.622. The van der Waals surface area contributed by atoms with Crippen LogP contribution in [0, 0.1) is 0 Å². The standard InChI is InChI=1S/C14H15NO2/c1-14(16,12-7-9-15-10-8-12)11-3-5-13(17-2)6-4-11/h3-10,16H,1-2H3/t14-/m1/s1. The summed E-state index contributed by atoms with van der Waals surface area (Å²) in [7, 11) is 1.62. The fraction of sp³-hybridized carbons (Fsp3) is 0.214. The molecule has 0 spiro atoms. The highest BCUT2D eigenvalue weighted by atomic mass is 16.5. The van der Waals surface area contributed by atoms with E-state index in [-0.39, 0.29) is 0 Å². The molecule has 0 saturated heterocycles. The lowest BCUT2D eigenvalue weighted by Crippen LogP contribution is -2.22. The fourth-order valence-electron chi connectivity index (χ4n) is 1.76. The Morgan fingerprint density at radius 3 is 2.06 bits per heavy atom. The van der Waals surface area contributed by atoms with Gasteiger partial charge in [0.2, 0.25) is 0 Å². The summed E-state index contributed by atoms with van der Waals surface area (Å²) >= 11 is 0. The van der Waals surface area contributed by atoms with Crippen molar-refractivity contribution in [2.45, 2.75) is 12.5 Å². The quantitative estimate of drug-likeness (QED) is 0.878. The van der Waals surface area contributed by atoms with Gasteiger partial charge in [-0.15, -0.1) is 0 Å². The molecule has 17 heavy (non-hydrogen) atoms. The molecular weight excluding hydrogens is 214 g/mol. The van der Waals surface area contributed by atoms with Gasteiger partial charge in [0.15, 0.2) is 0 Å². The minimum absolute atomic E-state index is 0.777. The van der Waals surface area contributed by atoms with E-state index in [0.717, 1.165) is 16.9 Å². The van der Waals surface area contributed by atoms with Crippen LogP contribution in [0.3, 0.4) is 0 Å². The molecule has 0 saturated carbocycles. The first-order valence-corrected chi connectivity index (χ1v) is 5.42. The molecule has 0 aliphatic rings. The van der Waals surface area contributed by atoms with Crippen LogP contribution >= 0.6 is 0 Å². The third-order valence-electron chi connectivity index (χ3n) is 2.89. The highest BCUT2D eigenvalue weighted by Crippen LogP contribution is 2.29. The number of benzene rings is 1. The van der Waals surface area contributed by atoms with Crippen LogP contribution in [0.2, 0.25) is 0 Å². The van der Waals surface area contributed by atoms with Gasteiger partial charge in [0, 0.05) is 12.4 Å². The molecule has 2 rings (SSSR count). The molecule has 1 atom stereocenters. The molecule has 0 aliphatic carbocycles. The monoisotopic (exact) mass is 229 g/mol. The molecule has 0 radical (unpaired) electrons. The van der Waals surface area contributed by atoms with Crippen LogP contribution in [0.4, 0.5) is 0 Å². The summed E-state index contributed by atoms with van der Waals surface area (Å²) < 4.78 is 5.10. The van der Waals surface area contributed by atoms with Gasteiger partial charge >= 0.3 is 0 Å². The molecule has 88 valence electrons. The summed E-state index contributed by atoms with van der Waals surface area (Å²) in [5.74, 6) is 0.777. The Morgan fingerprint density at radius 2 is 1.53 bits per heavy atom. The van der Waals surface area contributed by atoms with Gasteiger partial charge < -0.3 is 9.84 Å². The number of hydrogen-bond donors (Lipinski definition) is 1. The Balaban J connectivity index is 2.37. The second-order valence-electron chi connectivity index (χ2n) is 4.04. The van der Waals surface area contributed by atoms with E-state index >= 15 is 0 Å². The SMILES string of the molecule is COc1ccc([C@@](C)(O)c2ccncc2)cc1. The molecule has 1 aromatic heterocycles. The van der Waals surface area contributed by atoms with Gasteiger partial charge in [-0.1, -0.05) is 12.1 Å². The Bertz CT molecular complexity index is 477. The molecule has 3 heteroatoms. The molecule has 2 aromatic rings. The molecule has 0 fully saturated rings. The van der Waals surface area contributed by atoms with Crippen molar-refractivity contribution in [3.8, 4) is 5.75 Å². The largest absolute Gasteiger partial charge is 0.497 e. The van der Waals surface area contributed by atoms with Crippen molar-refractivity contribution in [3.63, 3.8) is 0 Å². The van der Waals surface area contributed by atoms with Gasteiger partial charge in [-0.05, 0) is 42.3 Å². The Morgan fingerprint density at radius 1 is 1.00 bits per heavy atom. The number of ether oxygens (including phenoxy) is 1. The molecular formula is C14H15NO2. The number of rotatable bonds is 3. The highest BCUT2D eigenvalue weighted by molar-refractivity contribution is 5.37. The second kappa shape index (κ2) is 4.55. The molecule has 1 N–H and O–H groups in total. The molecule has 0 aliphatic heterocycles. The third-order valence-corrected chi connectivity index (χ3v) is 2.89. The molecule has 3 nitrogen and oxygen atoms in total. The third kappa shape index (κ3) is 2.29. The summed E-state index contributed by atoms with van der Waals surface area (Å²) in [5, 5.41) is 10.6. The number of aliphatic hydroxyl groups is 1. The molecule has 0 unspecified atom stereocenters. The van der Waals surface area contributed by atoms with E-state index in [1.807, 2.05) is 36.4 Å². The zero-order valence-electron chi connectivity index (χ0n) is 9.92. The lowest BCUT2D eigenvalue weighted by molar-refractivity contribution is 0.102. The molecule has 0 amide bonds. The van der Waals surface area contributed by atoms with Gasteiger partial charge in [0.25, 0.3) is 0 Å². The van der Waals surface area contributed by atoms with Gasteiger partial charge in [0.05, 0.1) is 7.11 Å². The summed E-state index contributed by atoms with van der Waals surface area (Å²) in [4.78, 5) is 3.95. The predicted molar refractivity (Wildman–Crippen MR) is 65.9 cm³/mol. The summed E-state index contributed by atoms with van der Waals surface area (Å²) in [6.45, 7) is 1.77. The fourth-order valence-corrected chi connectivity index (χ4v) is 1.76. The van der Waals surface area contributed by atoms with Crippen molar-refractivity contribution in [2.75, 3.05) is 7.11 Å². The van der Waals surface area contributed by atoms with Crippen molar-refractivity contribution in [2.24, 2.45) is 0 Å². The van der Waals surface area contributed by atoms with Crippen LogP contribution in [-0.4, -0.2) is 17.2 Å². The van der Waals surface area contributed by atoms with Gasteiger partial charge in [0.1, 0.15) is 11.4 Å². The predicted octanol–water partition coefficient (Wildman–Crippen LogP) is 2.35. The highest BCUT2D eigenvalue weighted by Gasteiger charge is 2.25. The number of pyridine rings is 1. The van der Waals surface area contributed by atoms with E-state index in [2.05, 4.69) is 4.98 Å². The minimum atomic E-state index is -1.02. The number of nitrogens with zero attached hydrogens (tertiary/aromatic N) is 1. The first-order valence-electron chi connectivity index (χ1n) is 5.42. The van der Waals surface area contributed by atoms with Crippen molar-refractivity contribution < 1.29 is 9.84 Å². The maximum atomic E-state index is 10.6. The number of methoxy groups -OCH3 is 1. The first kappa shape index (κ1) is 11.6. The van der Waals surface area contributed by atoms with Crippen LogP contribution in [0.15, 0.2) is 48.8 Å². The van der Waals surface area contributed by atoms with Gasteiger partial charge in [-0.3, -0.25) is 4.98 Å². The zero-order chi connectivity index (χ0) is 12.3. The van der Waals surface area contributed by atoms with Crippen LogP contribution in [0.25, 0.3) is 0 Å². The lowest BCUT2D eigenvalue weighted by Gasteiger charge is -2.24. The van der Waals surface area contributed by atoms with Crippen LogP contribution in [0.1, 0.15) is 18.1 Å². The maximum Gasteiger partial charge on any atom is 0.118 e. The Hall–Kier alpha value is -1.87. The topological polar surface area (TPSA) is 42.4 Å². The van der Waals surface area contributed by atoms with E-state index in [1.54, 1.807) is 26.4 Å². The maximum absolute atomic E-state index is 10.6. The summed E-state index contributed by atoms with van der Waals surface area (Å²) in [6, 6.07) is 11.0. The average molecular weight is 229 g/mol. The first-order chi connectivity index (χ1) is 8.14. The molecule has 0 bridgehead atoms. The van der Waals surface area contributed by atoms with Crippen LogP contribution in [0.5, 0.6) is 5.75 Å². The van der Waals surface area contributed by atoms with Gasteiger partial charge in [-0.25, -0.2) is 0 Å².